The molecular weight excluding hydrogens is 302 g/mol. The molecular formula is C16H20BrNO. The van der Waals surface area contributed by atoms with Gasteiger partial charge < -0.3 is 9.73 Å². The fraction of sp³-hybridized carbons (Fsp3) is 0.375. The average molecular weight is 322 g/mol. The highest BCUT2D eigenvalue weighted by Crippen LogP contribution is 2.25. The first kappa shape index (κ1) is 14.4. The molecule has 0 spiro atoms. The lowest BCUT2D eigenvalue weighted by Crippen LogP contribution is -2.23. The summed E-state index contributed by atoms with van der Waals surface area (Å²) in [5, 5.41) is 3.54. The largest absolute Gasteiger partial charge is 0.466 e. The highest BCUT2D eigenvalue weighted by molar-refractivity contribution is 9.10. The molecule has 1 unspecified atom stereocenters. The Morgan fingerprint density at radius 3 is 2.42 bits per heavy atom. The van der Waals surface area contributed by atoms with Crippen LogP contribution >= 0.6 is 15.9 Å². The van der Waals surface area contributed by atoms with E-state index in [4.69, 9.17) is 4.42 Å². The average Bonchev–Trinajstić information content (AvgIpc) is 2.71. The minimum atomic E-state index is 0.309. The van der Waals surface area contributed by atoms with Crippen LogP contribution in [-0.4, -0.2) is 6.54 Å². The molecule has 2 rings (SSSR count). The molecule has 0 aliphatic rings. The Morgan fingerprint density at radius 2 is 1.89 bits per heavy atom. The van der Waals surface area contributed by atoms with Gasteiger partial charge in [-0.1, -0.05) is 35.0 Å². The number of nitrogens with one attached hydrogen (secondary N) is 1. The third-order valence-electron chi connectivity index (χ3n) is 3.26. The number of benzene rings is 1. The highest BCUT2D eigenvalue weighted by atomic mass is 79.9. The fourth-order valence-corrected chi connectivity index (χ4v) is 2.66. The molecule has 2 aromatic rings. The van der Waals surface area contributed by atoms with Crippen LogP contribution in [0.4, 0.5) is 0 Å². The van der Waals surface area contributed by atoms with Gasteiger partial charge in [0.1, 0.15) is 11.5 Å². The second kappa shape index (κ2) is 6.40. The van der Waals surface area contributed by atoms with E-state index in [1.807, 2.05) is 13.8 Å². The predicted molar refractivity (Wildman–Crippen MR) is 82.4 cm³/mol. The molecule has 102 valence electrons. The van der Waals surface area contributed by atoms with Crippen LogP contribution in [0.3, 0.4) is 0 Å². The minimum Gasteiger partial charge on any atom is -0.466 e. The number of likely N-dealkylation sites (N-methyl/N-ethyl adjacent to an activating group) is 1. The van der Waals surface area contributed by atoms with E-state index in [9.17, 15) is 0 Å². The van der Waals surface area contributed by atoms with Crippen LogP contribution in [0.15, 0.2) is 39.2 Å². The zero-order valence-electron chi connectivity index (χ0n) is 11.7. The van der Waals surface area contributed by atoms with Crippen molar-refractivity contribution in [2.75, 3.05) is 6.54 Å². The summed E-state index contributed by atoms with van der Waals surface area (Å²) >= 11 is 3.47. The highest BCUT2D eigenvalue weighted by Gasteiger charge is 2.16. The maximum atomic E-state index is 5.65. The summed E-state index contributed by atoms with van der Waals surface area (Å²) in [7, 11) is 0. The standard InChI is InChI=1S/C16H20BrNO/c1-4-18-16(15-9-11(2)19-12(15)3)10-13-5-7-14(17)8-6-13/h5-9,16,18H,4,10H2,1-3H3. The zero-order chi connectivity index (χ0) is 13.8. The lowest BCUT2D eigenvalue weighted by atomic mass is 9.99. The second-order valence-corrected chi connectivity index (χ2v) is 5.73. The van der Waals surface area contributed by atoms with E-state index in [0.29, 0.717) is 6.04 Å². The molecule has 0 aliphatic carbocycles. The Hall–Kier alpha value is -1.06. The van der Waals surface area contributed by atoms with Crippen molar-refractivity contribution < 1.29 is 4.42 Å². The Kier molecular flexibility index (Phi) is 4.83. The summed E-state index contributed by atoms with van der Waals surface area (Å²) in [6.07, 6.45) is 0.973. The third-order valence-corrected chi connectivity index (χ3v) is 3.79. The van der Waals surface area contributed by atoms with Crippen molar-refractivity contribution in [3.63, 3.8) is 0 Å². The lowest BCUT2D eigenvalue weighted by molar-refractivity contribution is 0.484. The first-order valence-electron chi connectivity index (χ1n) is 6.65. The molecule has 0 radical (unpaired) electrons. The second-order valence-electron chi connectivity index (χ2n) is 4.81. The van der Waals surface area contributed by atoms with E-state index in [0.717, 1.165) is 29.0 Å². The molecule has 0 amide bonds. The molecule has 2 nitrogen and oxygen atoms in total. The van der Waals surface area contributed by atoms with E-state index in [1.54, 1.807) is 0 Å². The topological polar surface area (TPSA) is 25.2 Å². The summed E-state index contributed by atoms with van der Waals surface area (Å²) in [5.74, 6) is 1.99. The van der Waals surface area contributed by atoms with Crippen molar-refractivity contribution >= 4 is 15.9 Å². The molecule has 1 aromatic heterocycles. The van der Waals surface area contributed by atoms with Crippen molar-refractivity contribution in [3.05, 3.63) is 57.5 Å². The van der Waals surface area contributed by atoms with Gasteiger partial charge in [0.25, 0.3) is 0 Å². The summed E-state index contributed by atoms with van der Waals surface area (Å²) < 4.78 is 6.77. The Morgan fingerprint density at radius 1 is 1.21 bits per heavy atom. The monoisotopic (exact) mass is 321 g/mol. The molecule has 0 fully saturated rings. The summed E-state index contributed by atoms with van der Waals surface area (Å²) in [5.41, 5.74) is 2.59. The first-order valence-corrected chi connectivity index (χ1v) is 7.44. The molecule has 0 saturated carbocycles. The number of hydrogen-bond donors (Lipinski definition) is 1. The van der Waals surface area contributed by atoms with Crippen LogP contribution in [0.2, 0.25) is 0 Å². The van der Waals surface area contributed by atoms with Gasteiger partial charge in [0.2, 0.25) is 0 Å². The van der Waals surface area contributed by atoms with E-state index >= 15 is 0 Å². The molecule has 0 bridgehead atoms. The van der Waals surface area contributed by atoms with Crippen LogP contribution in [0, 0.1) is 13.8 Å². The fourth-order valence-electron chi connectivity index (χ4n) is 2.39. The molecule has 0 aliphatic heterocycles. The van der Waals surface area contributed by atoms with Crippen molar-refractivity contribution in [1.29, 1.82) is 0 Å². The van der Waals surface area contributed by atoms with E-state index < -0.39 is 0 Å². The zero-order valence-corrected chi connectivity index (χ0v) is 13.3. The molecule has 1 aromatic carbocycles. The maximum Gasteiger partial charge on any atom is 0.105 e. The molecule has 3 heteroatoms. The number of hydrogen-bond acceptors (Lipinski definition) is 2. The summed E-state index contributed by atoms with van der Waals surface area (Å²) in [6, 6.07) is 11.0. The number of rotatable bonds is 5. The molecule has 1 N–H and O–H groups in total. The van der Waals surface area contributed by atoms with Crippen molar-refractivity contribution in [2.45, 2.75) is 33.2 Å². The Labute approximate surface area is 123 Å². The van der Waals surface area contributed by atoms with Gasteiger partial charge in [-0.3, -0.25) is 0 Å². The predicted octanol–water partition coefficient (Wildman–Crippen LogP) is 4.55. The summed E-state index contributed by atoms with van der Waals surface area (Å²) in [4.78, 5) is 0. The normalized spacial score (nSPS) is 12.6. The molecule has 0 saturated heterocycles. The van der Waals surface area contributed by atoms with Gasteiger partial charge in [-0.05, 0) is 50.6 Å². The van der Waals surface area contributed by atoms with Crippen molar-refractivity contribution in [2.24, 2.45) is 0 Å². The molecule has 1 atom stereocenters. The van der Waals surface area contributed by atoms with E-state index in [1.165, 1.54) is 11.1 Å². The number of aryl methyl sites for hydroxylation is 2. The van der Waals surface area contributed by atoms with Crippen LogP contribution in [0.5, 0.6) is 0 Å². The van der Waals surface area contributed by atoms with Crippen LogP contribution in [0.25, 0.3) is 0 Å². The van der Waals surface area contributed by atoms with Gasteiger partial charge in [-0.2, -0.15) is 0 Å². The van der Waals surface area contributed by atoms with E-state index in [2.05, 4.69) is 58.5 Å². The number of halogens is 1. The van der Waals surface area contributed by atoms with Gasteiger partial charge >= 0.3 is 0 Å². The van der Waals surface area contributed by atoms with Gasteiger partial charge in [0.15, 0.2) is 0 Å². The summed E-state index contributed by atoms with van der Waals surface area (Å²) in [6.45, 7) is 7.12. The smallest absolute Gasteiger partial charge is 0.105 e. The molecule has 1 heterocycles. The van der Waals surface area contributed by atoms with Gasteiger partial charge in [0, 0.05) is 16.1 Å². The van der Waals surface area contributed by atoms with Crippen molar-refractivity contribution in [1.82, 2.24) is 5.32 Å². The van der Waals surface area contributed by atoms with Gasteiger partial charge in [0.05, 0.1) is 0 Å². The lowest BCUT2D eigenvalue weighted by Gasteiger charge is -2.17. The van der Waals surface area contributed by atoms with Gasteiger partial charge in [-0.25, -0.2) is 0 Å². The van der Waals surface area contributed by atoms with Crippen LogP contribution in [-0.2, 0) is 6.42 Å². The van der Waals surface area contributed by atoms with E-state index in [-0.39, 0.29) is 0 Å². The molecule has 19 heavy (non-hydrogen) atoms. The maximum absolute atomic E-state index is 5.65. The van der Waals surface area contributed by atoms with Crippen LogP contribution in [0.1, 0.15) is 35.6 Å². The Bertz CT molecular complexity index is 530. The minimum absolute atomic E-state index is 0.309. The van der Waals surface area contributed by atoms with Crippen LogP contribution < -0.4 is 5.32 Å². The SMILES string of the molecule is CCNC(Cc1ccc(Br)cc1)c1cc(C)oc1C. The first-order chi connectivity index (χ1) is 9.10. The van der Waals surface area contributed by atoms with Crippen molar-refractivity contribution in [3.8, 4) is 0 Å². The number of furan rings is 1. The quantitative estimate of drug-likeness (QED) is 0.873. The Balaban J connectivity index is 2.20. The van der Waals surface area contributed by atoms with Gasteiger partial charge in [-0.15, -0.1) is 0 Å². The third kappa shape index (κ3) is 3.71.